The molecule has 0 aromatic heterocycles. The van der Waals surface area contributed by atoms with Crippen molar-refractivity contribution < 1.29 is 27.9 Å². The van der Waals surface area contributed by atoms with Crippen molar-refractivity contribution in [3.05, 3.63) is 30.3 Å². The molecule has 0 bridgehead atoms. The van der Waals surface area contributed by atoms with Crippen molar-refractivity contribution in [3.8, 4) is 0 Å². The Bertz CT molecular complexity index is 729. The molecule has 1 atom stereocenters. The van der Waals surface area contributed by atoms with Crippen LogP contribution in [0.5, 0.6) is 0 Å². The smallest absolute Gasteiger partial charge is 0.378 e. The lowest BCUT2D eigenvalue weighted by Gasteiger charge is -2.54. The summed E-state index contributed by atoms with van der Waals surface area (Å²) in [5.74, 6) is -1.10. The van der Waals surface area contributed by atoms with E-state index in [1.165, 1.54) is 0 Å². The summed E-state index contributed by atoms with van der Waals surface area (Å²) in [6.07, 6.45) is 0.975. The molecular formula is C24H38O6Si. The van der Waals surface area contributed by atoms with Gasteiger partial charge in [0.2, 0.25) is 0 Å². The van der Waals surface area contributed by atoms with Crippen molar-refractivity contribution in [2.75, 3.05) is 13.2 Å². The number of carbonyl (C=O) groups is 2. The molecule has 1 saturated carbocycles. The highest BCUT2D eigenvalue weighted by Crippen LogP contribution is 2.59. The molecule has 7 heteroatoms. The van der Waals surface area contributed by atoms with Gasteiger partial charge >= 0.3 is 20.5 Å². The van der Waals surface area contributed by atoms with E-state index in [9.17, 15) is 9.59 Å². The number of carbonyl (C=O) groups excluding carboxylic acids is 2. The Balaban J connectivity index is 2.76. The molecule has 1 aromatic carbocycles. The summed E-state index contributed by atoms with van der Waals surface area (Å²) in [6, 6.07) is 9.75. The van der Waals surface area contributed by atoms with Gasteiger partial charge in [-0.1, -0.05) is 30.3 Å². The summed E-state index contributed by atoms with van der Waals surface area (Å²) in [7, 11) is -3.38. The molecule has 1 aliphatic rings. The van der Waals surface area contributed by atoms with Gasteiger partial charge in [-0.2, -0.15) is 0 Å². The minimum Gasteiger partial charge on any atom is -0.465 e. The zero-order valence-corrected chi connectivity index (χ0v) is 21.2. The first-order chi connectivity index (χ1) is 14.3. The minimum atomic E-state index is -3.38. The molecule has 1 aliphatic carbocycles. The Labute approximate surface area is 187 Å². The van der Waals surface area contributed by atoms with Crippen LogP contribution in [0.1, 0.15) is 68.2 Å². The van der Waals surface area contributed by atoms with E-state index in [1.807, 2.05) is 71.9 Å². The van der Waals surface area contributed by atoms with Gasteiger partial charge in [0, 0.05) is 5.54 Å². The van der Waals surface area contributed by atoms with Gasteiger partial charge in [0.25, 0.3) is 0 Å². The van der Waals surface area contributed by atoms with Crippen LogP contribution in [0.15, 0.2) is 30.3 Å². The molecule has 31 heavy (non-hydrogen) atoms. The molecule has 0 saturated heterocycles. The van der Waals surface area contributed by atoms with E-state index in [1.54, 1.807) is 13.8 Å². The van der Waals surface area contributed by atoms with Crippen LogP contribution in [0.3, 0.4) is 0 Å². The molecule has 0 amide bonds. The van der Waals surface area contributed by atoms with Crippen LogP contribution in [-0.2, 0) is 27.9 Å². The maximum absolute atomic E-state index is 13.3. The van der Waals surface area contributed by atoms with Crippen molar-refractivity contribution in [1.29, 1.82) is 0 Å². The summed E-state index contributed by atoms with van der Waals surface area (Å²) < 4.78 is 24.4. The predicted molar refractivity (Wildman–Crippen MR) is 122 cm³/mol. The first-order valence-electron chi connectivity index (χ1n) is 11.1. The van der Waals surface area contributed by atoms with Gasteiger partial charge in [-0.15, -0.1) is 0 Å². The molecule has 1 unspecified atom stereocenters. The van der Waals surface area contributed by atoms with Crippen LogP contribution in [0, 0.1) is 5.41 Å². The molecule has 1 aromatic rings. The molecule has 0 spiro atoms. The van der Waals surface area contributed by atoms with Crippen molar-refractivity contribution in [2.24, 2.45) is 5.41 Å². The van der Waals surface area contributed by atoms with E-state index >= 15 is 0 Å². The Morgan fingerprint density at radius 1 is 0.903 bits per heavy atom. The molecular weight excluding hydrogens is 412 g/mol. The normalized spacial score (nSPS) is 18.8. The summed E-state index contributed by atoms with van der Waals surface area (Å²) in [6.45, 7) is 15.7. The second kappa shape index (κ2) is 9.43. The number of rotatable bonds is 8. The lowest BCUT2D eigenvalue weighted by molar-refractivity contribution is -0.181. The fourth-order valence-corrected chi connectivity index (χ4v) is 9.24. The SMILES string of the molecule is CCOC(=O)C1(C(=O)OCC)CCC1[Si](OC(C)(C)C)(OC(C)(C)C)c1ccccc1. The number of hydrogen-bond acceptors (Lipinski definition) is 6. The van der Waals surface area contributed by atoms with E-state index in [0.29, 0.717) is 12.8 Å². The summed E-state index contributed by atoms with van der Waals surface area (Å²) in [4.78, 5) is 26.5. The maximum Gasteiger partial charge on any atom is 0.378 e. The topological polar surface area (TPSA) is 71.1 Å². The van der Waals surface area contributed by atoms with Crippen LogP contribution in [0.25, 0.3) is 0 Å². The van der Waals surface area contributed by atoms with Gasteiger partial charge in [0.15, 0.2) is 5.41 Å². The van der Waals surface area contributed by atoms with E-state index in [-0.39, 0.29) is 13.2 Å². The van der Waals surface area contributed by atoms with E-state index < -0.39 is 42.7 Å². The Kier molecular flexibility index (Phi) is 7.77. The number of esters is 2. The number of benzene rings is 1. The average molecular weight is 451 g/mol. The zero-order chi connectivity index (χ0) is 23.5. The third-order valence-corrected chi connectivity index (χ3v) is 9.92. The second-order valence-electron chi connectivity index (χ2n) is 9.97. The van der Waals surface area contributed by atoms with Gasteiger partial charge in [0.1, 0.15) is 0 Å². The molecule has 0 radical (unpaired) electrons. The summed E-state index contributed by atoms with van der Waals surface area (Å²) >= 11 is 0. The van der Waals surface area contributed by atoms with Crippen molar-refractivity contribution in [2.45, 2.75) is 85.0 Å². The van der Waals surface area contributed by atoms with Gasteiger partial charge < -0.3 is 18.3 Å². The maximum atomic E-state index is 13.3. The molecule has 6 nitrogen and oxygen atoms in total. The molecule has 0 aliphatic heterocycles. The summed E-state index contributed by atoms with van der Waals surface area (Å²) in [5, 5.41) is 0.891. The molecule has 0 N–H and O–H groups in total. The Morgan fingerprint density at radius 2 is 1.35 bits per heavy atom. The largest absolute Gasteiger partial charge is 0.465 e. The quantitative estimate of drug-likeness (QED) is 0.335. The molecule has 1 fully saturated rings. The van der Waals surface area contributed by atoms with Gasteiger partial charge in [0.05, 0.1) is 24.4 Å². The van der Waals surface area contributed by atoms with E-state index in [4.69, 9.17) is 18.3 Å². The fourth-order valence-electron chi connectivity index (χ4n) is 4.25. The average Bonchev–Trinajstić information content (AvgIpc) is 2.59. The zero-order valence-electron chi connectivity index (χ0n) is 20.2. The first kappa shape index (κ1) is 25.6. The number of ether oxygens (including phenoxy) is 2. The van der Waals surface area contributed by atoms with Crippen LogP contribution in [0.2, 0.25) is 5.54 Å². The van der Waals surface area contributed by atoms with E-state index in [2.05, 4.69) is 0 Å². The van der Waals surface area contributed by atoms with Crippen LogP contribution >= 0.6 is 0 Å². The van der Waals surface area contributed by atoms with Crippen molar-refractivity contribution in [1.82, 2.24) is 0 Å². The third kappa shape index (κ3) is 5.38. The lowest BCUT2D eigenvalue weighted by Crippen LogP contribution is -2.71. The van der Waals surface area contributed by atoms with Gasteiger partial charge in [-0.25, -0.2) is 0 Å². The third-order valence-electron chi connectivity index (χ3n) is 5.25. The monoisotopic (exact) mass is 450 g/mol. The lowest BCUT2D eigenvalue weighted by atomic mass is 9.68. The Hall–Kier alpha value is -1.70. The van der Waals surface area contributed by atoms with Gasteiger partial charge in [-0.05, 0) is 73.4 Å². The minimum absolute atomic E-state index is 0.187. The van der Waals surface area contributed by atoms with Crippen molar-refractivity contribution >= 4 is 25.7 Å². The highest BCUT2D eigenvalue weighted by atomic mass is 28.4. The van der Waals surface area contributed by atoms with Crippen molar-refractivity contribution in [3.63, 3.8) is 0 Å². The summed E-state index contributed by atoms with van der Waals surface area (Å²) in [5.41, 5.74) is -3.01. The van der Waals surface area contributed by atoms with Gasteiger partial charge in [-0.3, -0.25) is 9.59 Å². The standard InChI is InChI=1S/C24H38O6Si/c1-9-27-20(25)24(21(26)28-10-2)17-16-19(24)31(29-22(3,4)5,30-23(6,7)8)18-14-12-11-13-15-18/h11-15,19H,9-10,16-17H2,1-8H3. The first-order valence-corrected chi connectivity index (χ1v) is 13.0. The van der Waals surface area contributed by atoms with Crippen LogP contribution in [-0.4, -0.2) is 44.9 Å². The molecule has 174 valence electrons. The van der Waals surface area contributed by atoms with Crippen LogP contribution in [0.4, 0.5) is 0 Å². The Morgan fingerprint density at radius 3 is 1.68 bits per heavy atom. The molecule has 2 rings (SSSR count). The molecule has 0 heterocycles. The van der Waals surface area contributed by atoms with Crippen LogP contribution < -0.4 is 5.19 Å². The second-order valence-corrected chi connectivity index (χ2v) is 13.0. The highest BCUT2D eigenvalue weighted by molar-refractivity contribution is 6.83. The fraction of sp³-hybridized carbons (Fsp3) is 0.667. The number of hydrogen-bond donors (Lipinski definition) is 0. The predicted octanol–water partition coefficient (Wildman–Crippen LogP) is 4.24. The highest BCUT2D eigenvalue weighted by Gasteiger charge is 2.72. The van der Waals surface area contributed by atoms with E-state index in [0.717, 1.165) is 5.19 Å².